The number of rotatable bonds is 5. The van der Waals surface area contributed by atoms with Gasteiger partial charge in [0.05, 0.1) is 16.1 Å². The van der Waals surface area contributed by atoms with Crippen LogP contribution in [-0.4, -0.2) is 78.2 Å². The number of hydrogen-bond donors (Lipinski definition) is 0. The van der Waals surface area contributed by atoms with Gasteiger partial charge < -0.3 is 14.5 Å². The molecule has 3 fully saturated rings. The van der Waals surface area contributed by atoms with Crippen molar-refractivity contribution in [3.63, 3.8) is 0 Å². The molecule has 0 spiro atoms. The molecule has 202 valence electrons. The zero-order chi connectivity index (χ0) is 26.6. The summed E-state index contributed by atoms with van der Waals surface area (Å²) in [7, 11) is 2.16. The number of piperazine rings is 1. The first-order valence-electron chi connectivity index (χ1n) is 14.0. The highest BCUT2D eigenvalue weighted by molar-refractivity contribution is 6.36. The summed E-state index contributed by atoms with van der Waals surface area (Å²) in [5.74, 6) is 0.504. The van der Waals surface area contributed by atoms with Crippen LogP contribution < -0.4 is 9.64 Å². The summed E-state index contributed by atoms with van der Waals surface area (Å²) in [6.07, 6.45) is 4.81. The minimum absolute atomic E-state index is 0.123. The molecule has 0 N–H and O–H groups in total. The maximum absolute atomic E-state index is 14.5. The van der Waals surface area contributed by atoms with Crippen molar-refractivity contribution in [3.05, 3.63) is 59.4 Å². The number of likely N-dealkylation sites (N-methyl/N-ethyl adjacent to an activating group) is 1. The highest BCUT2D eigenvalue weighted by atomic mass is 35.5. The molecule has 0 radical (unpaired) electrons. The Morgan fingerprint density at radius 1 is 0.949 bits per heavy atom. The van der Waals surface area contributed by atoms with Crippen molar-refractivity contribution >= 4 is 39.1 Å². The molecule has 3 aromatic carbocycles. The summed E-state index contributed by atoms with van der Waals surface area (Å²) in [6, 6.07) is 15.8. The molecular weight excluding hydrogens is 513 g/mol. The molecule has 0 amide bonds. The van der Waals surface area contributed by atoms with Gasteiger partial charge in [-0.1, -0.05) is 41.9 Å². The van der Waals surface area contributed by atoms with Crippen LogP contribution in [-0.2, 0) is 0 Å². The molecule has 3 saturated heterocycles. The number of anilines is 1. The molecule has 0 aliphatic carbocycles. The van der Waals surface area contributed by atoms with Crippen molar-refractivity contribution in [2.24, 2.45) is 0 Å². The minimum Gasteiger partial charge on any atom is -0.461 e. The third kappa shape index (κ3) is 4.41. The van der Waals surface area contributed by atoms with Crippen molar-refractivity contribution in [2.45, 2.75) is 31.2 Å². The Morgan fingerprint density at radius 3 is 2.54 bits per heavy atom. The lowest BCUT2D eigenvalue weighted by Gasteiger charge is -2.34. The first kappa shape index (κ1) is 25.0. The topological polar surface area (TPSA) is 44.7 Å². The summed E-state index contributed by atoms with van der Waals surface area (Å²) >= 11 is 6.47. The molecule has 0 saturated carbocycles. The van der Waals surface area contributed by atoms with E-state index < -0.39 is 5.82 Å². The van der Waals surface area contributed by atoms with E-state index in [1.165, 1.54) is 31.7 Å². The number of halogens is 2. The van der Waals surface area contributed by atoms with Crippen LogP contribution >= 0.6 is 11.6 Å². The zero-order valence-corrected chi connectivity index (χ0v) is 23.1. The summed E-state index contributed by atoms with van der Waals surface area (Å²) < 4.78 is 20.9. The predicted molar refractivity (Wildman–Crippen MR) is 155 cm³/mol. The molecule has 4 heterocycles. The van der Waals surface area contributed by atoms with E-state index in [-0.39, 0.29) is 10.6 Å². The third-order valence-electron chi connectivity index (χ3n) is 8.99. The highest BCUT2D eigenvalue weighted by Crippen LogP contribution is 2.40. The molecule has 0 unspecified atom stereocenters. The lowest BCUT2D eigenvalue weighted by atomic mass is 9.95. The van der Waals surface area contributed by atoms with Crippen LogP contribution in [0.3, 0.4) is 0 Å². The van der Waals surface area contributed by atoms with Crippen LogP contribution in [0.2, 0.25) is 5.02 Å². The SMILES string of the molecule is CN1CCN(c2nc(OCC34CCCN3CCC4)nc3cc(-c4cccc5ccc(F)c(Cl)c45)ccc23)CC1. The van der Waals surface area contributed by atoms with Crippen LogP contribution in [0.1, 0.15) is 25.7 Å². The smallest absolute Gasteiger partial charge is 0.319 e. The van der Waals surface area contributed by atoms with Gasteiger partial charge in [-0.2, -0.15) is 9.97 Å². The largest absolute Gasteiger partial charge is 0.461 e. The van der Waals surface area contributed by atoms with Crippen LogP contribution in [0.4, 0.5) is 10.2 Å². The van der Waals surface area contributed by atoms with Crippen LogP contribution in [0, 0.1) is 5.82 Å². The van der Waals surface area contributed by atoms with Crippen molar-refractivity contribution in [1.82, 2.24) is 19.8 Å². The zero-order valence-electron chi connectivity index (χ0n) is 22.3. The van der Waals surface area contributed by atoms with Gasteiger partial charge in [0.15, 0.2) is 0 Å². The van der Waals surface area contributed by atoms with Gasteiger partial charge in [0.1, 0.15) is 18.2 Å². The predicted octanol–water partition coefficient (Wildman–Crippen LogP) is 6.00. The second-order valence-corrected chi connectivity index (χ2v) is 11.7. The van der Waals surface area contributed by atoms with Crippen molar-refractivity contribution < 1.29 is 9.13 Å². The Morgan fingerprint density at radius 2 is 1.74 bits per heavy atom. The fourth-order valence-corrected chi connectivity index (χ4v) is 7.07. The van der Waals surface area contributed by atoms with E-state index in [0.29, 0.717) is 18.0 Å². The number of aromatic nitrogens is 2. The lowest BCUT2D eigenvalue weighted by molar-refractivity contribution is 0.108. The van der Waals surface area contributed by atoms with E-state index in [1.54, 1.807) is 6.07 Å². The van der Waals surface area contributed by atoms with Crippen molar-refractivity contribution in [3.8, 4) is 17.1 Å². The number of ether oxygens (including phenoxy) is 1. The molecule has 39 heavy (non-hydrogen) atoms. The van der Waals surface area contributed by atoms with Gasteiger partial charge in [-0.05, 0) is 80.5 Å². The van der Waals surface area contributed by atoms with E-state index in [2.05, 4.69) is 39.9 Å². The number of benzene rings is 3. The first-order valence-corrected chi connectivity index (χ1v) is 14.4. The quantitative estimate of drug-likeness (QED) is 0.306. The Bertz CT molecular complexity index is 1540. The monoisotopic (exact) mass is 545 g/mol. The van der Waals surface area contributed by atoms with Crippen molar-refractivity contribution in [1.29, 1.82) is 0 Å². The normalized spacial score (nSPS) is 19.7. The molecular formula is C31H33ClFN5O. The summed E-state index contributed by atoms with van der Waals surface area (Å²) in [4.78, 5) is 17.2. The Balaban J connectivity index is 1.31. The van der Waals surface area contributed by atoms with Crippen LogP contribution in [0.15, 0.2) is 48.5 Å². The maximum Gasteiger partial charge on any atom is 0.319 e. The fourth-order valence-electron chi connectivity index (χ4n) is 6.79. The number of nitrogens with zero attached hydrogens (tertiary/aromatic N) is 5. The van der Waals surface area contributed by atoms with Gasteiger partial charge in [-0.25, -0.2) is 4.39 Å². The van der Waals surface area contributed by atoms with Crippen LogP contribution in [0.5, 0.6) is 6.01 Å². The van der Waals surface area contributed by atoms with E-state index >= 15 is 0 Å². The second kappa shape index (κ2) is 9.88. The summed E-state index contributed by atoms with van der Waals surface area (Å²) in [6.45, 7) is 6.71. The molecule has 0 atom stereocenters. The Kier molecular flexibility index (Phi) is 6.33. The Labute approximate surface area is 233 Å². The van der Waals surface area contributed by atoms with E-state index in [9.17, 15) is 4.39 Å². The van der Waals surface area contributed by atoms with Crippen molar-refractivity contribution in [2.75, 3.05) is 57.8 Å². The van der Waals surface area contributed by atoms with Gasteiger partial charge in [-0.15, -0.1) is 0 Å². The highest BCUT2D eigenvalue weighted by Gasteiger charge is 2.45. The lowest BCUT2D eigenvalue weighted by Crippen LogP contribution is -2.45. The number of hydrogen-bond acceptors (Lipinski definition) is 6. The number of fused-ring (bicyclic) bond motifs is 3. The van der Waals surface area contributed by atoms with Gasteiger partial charge in [0.25, 0.3) is 0 Å². The van der Waals surface area contributed by atoms with Gasteiger partial charge in [0.2, 0.25) is 0 Å². The van der Waals surface area contributed by atoms with Gasteiger partial charge in [0, 0.05) is 37.0 Å². The summed E-state index contributed by atoms with van der Waals surface area (Å²) in [5.41, 5.74) is 2.76. The molecule has 3 aliphatic heterocycles. The van der Waals surface area contributed by atoms with Gasteiger partial charge >= 0.3 is 6.01 Å². The molecule has 8 heteroatoms. The van der Waals surface area contributed by atoms with Gasteiger partial charge in [-0.3, -0.25) is 4.90 Å². The average Bonchev–Trinajstić information content (AvgIpc) is 3.54. The molecule has 0 bridgehead atoms. The third-order valence-corrected chi connectivity index (χ3v) is 9.36. The maximum atomic E-state index is 14.5. The standard InChI is InChI=1S/C31H33ClFN5O/c1-36-15-17-37(18-16-36)29-24-9-7-22(23-6-2-5-21-8-10-25(33)28(32)27(21)23)19-26(24)34-30(35-29)39-20-31-11-3-13-38(31)14-4-12-31/h2,5-10,19H,3-4,11-18,20H2,1H3. The van der Waals surface area contributed by atoms with E-state index in [0.717, 1.165) is 72.5 Å². The fraction of sp³-hybridized carbons (Fsp3) is 0.419. The minimum atomic E-state index is -0.417. The molecule has 6 nitrogen and oxygen atoms in total. The van der Waals surface area contributed by atoms with Crippen LogP contribution in [0.25, 0.3) is 32.8 Å². The first-order chi connectivity index (χ1) is 19.0. The summed E-state index contributed by atoms with van der Waals surface area (Å²) in [5, 5.41) is 2.76. The molecule has 4 aromatic rings. The molecule has 3 aliphatic rings. The second-order valence-electron chi connectivity index (χ2n) is 11.3. The van der Waals surface area contributed by atoms with E-state index in [1.807, 2.05) is 18.2 Å². The Hall–Kier alpha value is -3.00. The molecule has 1 aromatic heterocycles. The molecule has 7 rings (SSSR count). The average molecular weight is 546 g/mol. The van der Waals surface area contributed by atoms with E-state index in [4.69, 9.17) is 26.3 Å².